The minimum atomic E-state index is -0.874. The van der Waals surface area contributed by atoms with E-state index in [4.69, 9.17) is 0 Å². The molecule has 0 saturated carbocycles. The zero-order valence-corrected chi connectivity index (χ0v) is 7.96. The van der Waals surface area contributed by atoms with Crippen molar-refractivity contribution >= 4 is 5.78 Å². The average molecular weight is 183 g/mol. The molecule has 13 heavy (non-hydrogen) atoms. The average Bonchev–Trinajstić information content (AvgIpc) is 2.31. The molecule has 0 spiro atoms. The highest BCUT2D eigenvalue weighted by Gasteiger charge is 2.20. The maximum Gasteiger partial charge on any atom is 0.181 e. The smallest absolute Gasteiger partial charge is 0.181 e. The minimum Gasteiger partial charge on any atom is -0.390 e. The highest BCUT2D eigenvalue weighted by Crippen LogP contribution is 2.12. The lowest BCUT2D eigenvalue weighted by Crippen LogP contribution is -2.23. The Balaban J connectivity index is 2.89. The van der Waals surface area contributed by atoms with Gasteiger partial charge in [0.15, 0.2) is 11.5 Å². The van der Waals surface area contributed by atoms with Gasteiger partial charge in [0.25, 0.3) is 0 Å². The van der Waals surface area contributed by atoms with Gasteiger partial charge in [-0.1, -0.05) is 0 Å². The summed E-state index contributed by atoms with van der Waals surface area (Å²) in [6, 6.07) is 0. The van der Waals surface area contributed by atoms with Crippen molar-refractivity contribution in [1.29, 1.82) is 0 Å². The molecule has 0 amide bonds. The van der Waals surface area contributed by atoms with E-state index in [1.165, 1.54) is 6.92 Å². The number of ketones is 1. The Morgan fingerprint density at radius 3 is 2.62 bits per heavy atom. The van der Waals surface area contributed by atoms with E-state index in [1.807, 2.05) is 0 Å². The zero-order chi connectivity index (χ0) is 10.1. The van der Waals surface area contributed by atoms with E-state index in [1.54, 1.807) is 13.8 Å². The van der Waals surface area contributed by atoms with Crippen molar-refractivity contribution in [2.45, 2.75) is 32.8 Å². The Morgan fingerprint density at radius 1 is 1.54 bits per heavy atom. The van der Waals surface area contributed by atoms with Gasteiger partial charge in [-0.15, -0.1) is 0 Å². The standard InChI is InChI=1S/C8H13N3O2/c1-5(12)7-6(9-11-10-7)4-8(2,3)13/h13H,4H2,1-3H3,(H,9,10,11). The quantitative estimate of drug-likeness (QED) is 0.661. The Labute approximate surface area is 76.2 Å². The molecule has 1 aromatic heterocycles. The summed E-state index contributed by atoms with van der Waals surface area (Å²) < 4.78 is 0. The molecule has 0 radical (unpaired) electrons. The second kappa shape index (κ2) is 3.26. The maximum absolute atomic E-state index is 11.0. The number of nitrogens with zero attached hydrogens (tertiary/aromatic N) is 2. The summed E-state index contributed by atoms with van der Waals surface area (Å²) in [6.07, 6.45) is 0.318. The Kier molecular flexibility index (Phi) is 2.47. The predicted molar refractivity (Wildman–Crippen MR) is 46.4 cm³/mol. The normalized spacial score (nSPS) is 11.7. The number of carbonyl (C=O) groups is 1. The third-order valence-corrected chi connectivity index (χ3v) is 1.55. The maximum atomic E-state index is 11.0. The van der Waals surface area contributed by atoms with Gasteiger partial charge in [-0.3, -0.25) is 4.79 Å². The topological polar surface area (TPSA) is 78.9 Å². The number of Topliss-reactive ketones (excluding diaryl/α,β-unsaturated/α-hetero) is 1. The predicted octanol–water partition coefficient (Wildman–Crippen LogP) is 0.321. The number of aromatic nitrogens is 3. The van der Waals surface area contributed by atoms with Gasteiger partial charge in [0.1, 0.15) is 0 Å². The Bertz CT molecular complexity index is 311. The molecule has 0 aliphatic rings. The van der Waals surface area contributed by atoms with Crippen LogP contribution in [0.5, 0.6) is 0 Å². The van der Waals surface area contributed by atoms with Gasteiger partial charge in [0.05, 0.1) is 11.3 Å². The number of H-pyrrole nitrogens is 1. The molecule has 2 N–H and O–H groups in total. The van der Waals surface area contributed by atoms with Crippen molar-refractivity contribution in [3.63, 3.8) is 0 Å². The van der Waals surface area contributed by atoms with Gasteiger partial charge in [0, 0.05) is 13.3 Å². The van der Waals surface area contributed by atoms with Crippen molar-refractivity contribution in [1.82, 2.24) is 15.4 Å². The first-order chi connectivity index (χ1) is 5.90. The molecule has 0 bridgehead atoms. The highest BCUT2D eigenvalue weighted by atomic mass is 16.3. The first kappa shape index (κ1) is 9.85. The number of hydrogen-bond acceptors (Lipinski definition) is 4. The molecular formula is C8H13N3O2. The second-order valence-electron chi connectivity index (χ2n) is 3.66. The van der Waals surface area contributed by atoms with Crippen LogP contribution in [0.1, 0.15) is 37.0 Å². The van der Waals surface area contributed by atoms with E-state index >= 15 is 0 Å². The van der Waals surface area contributed by atoms with E-state index in [2.05, 4.69) is 15.4 Å². The summed E-state index contributed by atoms with van der Waals surface area (Å²) in [7, 11) is 0. The molecule has 1 aromatic rings. The summed E-state index contributed by atoms with van der Waals surface area (Å²) >= 11 is 0. The summed E-state index contributed by atoms with van der Waals surface area (Å²) in [6.45, 7) is 4.74. The number of carbonyl (C=O) groups excluding carboxylic acids is 1. The summed E-state index contributed by atoms with van der Waals surface area (Å²) in [4.78, 5) is 11.0. The lowest BCUT2D eigenvalue weighted by Gasteiger charge is -2.14. The van der Waals surface area contributed by atoms with Crippen LogP contribution >= 0.6 is 0 Å². The molecule has 0 atom stereocenters. The van der Waals surface area contributed by atoms with Gasteiger partial charge in [-0.25, -0.2) is 0 Å². The van der Waals surface area contributed by atoms with E-state index in [0.29, 0.717) is 17.8 Å². The van der Waals surface area contributed by atoms with Crippen LogP contribution in [0.3, 0.4) is 0 Å². The molecule has 0 unspecified atom stereocenters. The third kappa shape index (κ3) is 2.62. The van der Waals surface area contributed by atoms with Crippen LogP contribution in [0.4, 0.5) is 0 Å². The van der Waals surface area contributed by atoms with Crippen molar-refractivity contribution < 1.29 is 9.90 Å². The van der Waals surface area contributed by atoms with E-state index < -0.39 is 5.60 Å². The molecule has 0 fully saturated rings. The van der Waals surface area contributed by atoms with E-state index in [0.717, 1.165) is 0 Å². The van der Waals surface area contributed by atoms with Crippen LogP contribution in [0.15, 0.2) is 0 Å². The summed E-state index contributed by atoms with van der Waals surface area (Å²) in [5.74, 6) is -0.145. The van der Waals surface area contributed by atoms with Gasteiger partial charge in [0.2, 0.25) is 0 Å². The van der Waals surface area contributed by atoms with E-state index in [9.17, 15) is 9.90 Å². The Morgan fingerprint density at radius 2 is 2.15 bits per heavy atom. The zero-order valence-electron chi connectivity index (χ0n) is 7.96. The molecule has 72 valence electrons. The molecule has 5 heteroatoms. The van der Waals surface area contributed by atoms with Crippen molar-refractivity contribution in [3.8, 4) is 0 Å². The summed E-state index contributed by atoms with van der Waals surface area (Å²) in [5, 5.41) is 19.4. The second-order valence-corrected chi connectivity index (χ2v) is 3.66. The molecule has 1 heterocycles. The third-order valence-electron chi connectivity index (χ3n) is 1.55. The molecular weight excluding hydrogens is 170 g/mol. The fourth-order valence-electron chi connectivity index (χ4n) is 1.07. The first-order valence-electron chi connectivity index (χ1n) is 4.03. The molecule has 0 aliphatic heterocycles. The van der Waals surface area contributed by atoms with Gasteiger partial charge in [-0.05, 0) is 13.8 Å². The van der Waals surface area contributed by atoms with Crippen LogP contribution in [0.2, 0.25) is 0 Å². The highest BCUT2D eigenvalue weighted by molar-refractivity contribution is 5.93. The monoisotopic (exact) mass is 183 g/mol. The molecule has 0 aliphatic carbocycles. The SMILES string of the molecule is CC(=O)c1n[nH]nc1CC(C)(C)O. The Hall–Kier alpha value is -1.23. The van der Waals surface area contributed by atoms with Crippen LogP contribution < -0.4 is 0 Å². The fourth-order valence-corrected chi connectivity index (χ4v) is 1.07. The van der Waals surface area contributed by atoms with Gasteiger partial charge >= 0.3 is 0 Å². The van der Waals surface area contributed by atoms with Crippen LogP contribution in [0, 0.1) is 0 Å². The number of hydrogen-bond donors (Lipinski definition) is 2. The van der Waals surface area contributed by atoms with Crippen molar-refractivity contribution in [2.75, 3.05) is 0 Å². The van der Waals surface area contributed by atoms with Crippen LogP contribution in [-0.2, 0) is 6.42 Å². The van der Waals surface area contributed by atoms with Gasteiger partial charge in [-0.2, -0.15) is 15.4 Å². The van der Waals surface area contributed by atoms with E-state index in [-0.39, 0.29) is 5.78 Å². The lowest BCUT2D eigenvalue weighted by atomic mass is 10.0. The molecule has 5 nitrogen and oxygen atoms in total. The summed E-state index contributed by atoms with van der Waals surface area (Å²) in [5.41, 5.74) is -0.0525. The number of aliphatic hydroxyl groups is 1. The first-order valence-corrected chi connectivity index (χ1v) is 4.03. The number of nitrogens with one attached hydrogen (secondary N) is 1. The fraction of sp³-hybridized carbons (Fsp3) is 0.625. The minimum absolute atomic E-state index is 0.145. The molecule has 1 rings (SSSR count). The number of rotatable bonds is 3. The molecule has 0 saturated heterocycles. The molecule has 0 aromatic carbocycles. The van der Waals surface area contributed by atoms with Crippen molar-refractivity contribution in [2.24, 2.45) is 0 Å². The van der Waals surface area contributed by atoms with Crippen molar-refractivity contribution in [3.05, 3.63) is 11.4 Å². The largest absolute Gasteiger partial charge is 0.390 e. The van der Waals surface area contributed by atoms with Crippen LogP contribution in [0.25, 0.3) is 0 Å². The number of aromatic amines is 1. The van der Waals surface area contributed by atoms with Gasteiger partial charge < -0.3 is 5.11 Å². The van der Waals surface area contributed by atoms with Crippen LogP contribution in [-0.4, -0.2) is 31.9 Å². The lowest BCUT2D eigenvalue weighted by molar-refractivity contribution is 0.0795.